The summed E-state index contributed by atoms with van der Waals surface area (Å²) in [7, 11) is 0. The van der Waals surface area contributed by atoms with Crippen molar-refractivity contribution in [2.75, 3.05) is 38.5 Å². The first-order valence-corrected chi connectivity index (χ1v) is 6.67. The second-order valence-electron chi connectivity index (χ2n) is 3.39. The highest BCUT2D eigenvalue weighted by Crippen LogP contribution is 1.94. The first-order chi connectivity index (χ1) is 8.65. The summed E-state index contributed by atoms with van der Waals surface area (Å²) in [6, 6.07) is 0. The second kappa shape index (κ2) is 20.1. The molecule has 0 bridgehead atoms. The molecule has 0 fully saturated rings. The highest BCUT2D eigenvalue weighted by Gasteiger charge is 2.08. The van der Waals surface area contributed by atoms with Gasteiger partial charge < -0.3 is 10.8 Å². The molecule has 0 aliphatic heterocycles. The van der Waals surface area contributed by atoms with Gasteiger partial charge in [0.2, 0.25) is 0 Å². The Kier molecular flexibility index (Phi) is 25.3. The fourth-order valence-electron chi connectivity index (χ4n) is 1.09. The minimum atomic E-state index is -0.509. The van der Waals surface area contributed by atoms with Gasteiger partial charge in [0.05, 0.1) is 17.8 Å². The van der Waals surface area contributed by atoms with E-state index in [1.165, 1.54) is 0 Å². The lowest BCUT2D eigenvalue weighted by atomic mass is 10.3. The maximum Gasteiger partial charge on any atom is 0.0870 e. The van der Waals surface area contributed by atoms with Crippen LogP contribution in [0.25, 0.3) is 0 Å². The summed E-state index contributed by atoms with van der Waals surface area (Å²) >= 11 is 8.21. The number of rotatable bonds is 9. The molecule has 0 saturated carbocycles. The molecule has 7 heteroatoms. The van der Waals surface area contributed by atoms with E-state index in [-0.39, 0.29) is 12.4 Å². The molecule has 0 aromatic rings. The minimum Gasteiger partial charge on any atom is -0.390 e. The zero-order valence-corrected chi connectivity index (χ0v) is 13.6. The molecule has 19 heavy (non-hydrogen) atoms. The SMILES string of the molecule is C=CCN(CC=C)CC(O)CN=C=S.Cl.NCCS. The van der Waals surface area contributed by atoms with Gasteiger partial charge in [0.25, 0.3) is 0 Å². The van der Waals surface area contributed by atoms with E-state index in [1.807, 2.05) is 4.90 Å². The van der Waals surface area contributed by atoms with Gasteiger partial charge in [-0.05, 0) is 12.2 Å². The van der Waals surface area contributed by atoms with Crippen LogP contribution in [-0.4, -0.2) is 59.7 Å². The highest BCUT2D eigenvalue weighted by atomic mass is 35.5. The van der Waals surface area contributed by atoms with E-state index in [2.05, 4.69) is 48.2 Å². The van der Waals surface area contributed by atoms with Gasteiger partial charge in [0.15, 0.2) is 0 Å². The van der Waals surface area contributed by atoms with Gasteiger partial charge in [-0.15, -0.1) is 25.6 Å². The molecule has 0 saturated heterocycles. The largest absolute Gasteiger partial charge is 0.390 e. The number of thiocarbonyl (C=S) groups is 1. The molecular formula is C12H24ClN3OS2. The third kappa shape index (κ3) is 20.3. The van der Waals surface area contributed by atoms with Crippen LogP contribution in [0.4, 0.5) is 0 Å². The molecule has 4 nitrogen and oxygen atoms in total. The second-order valence-corrected chi connectivity index (χ2v) is 4.02. The van der Waals surface area contributed by atoms with Crippen molar-refractivity contribution in [3.63, 3.8) is 0 Å². The van der Waals surface area contributed by atoms with Crippen LogP contribution in [0, 0.1) is 0 Å². The number of halogens is 1. The van der Waals surface area contributed by atoms with Gasteiger partial charge in [-0.1, -0.05) is 12.2 Å². The van der Waals surface area contributed by atoms with Gasteiger partial charge in [-0.3, -0.25) is 4.90 Å². The topological polar surface area (TPSA) is 61.8 Å². The van der Waals surface area contributed by atoms with Gasteiger partial charge in [0, 0.05) is 31.9 Å². The lowest BCUT2D eigenvalue weighted by molar-refractivity contribution is 0.132. The van der Waals surface area contributed by atoms with Crippen molar-refractivity contribution in [1.29, 1.82) is 0 Å². The molecule has 0 aliphatic carbocycles. The molecule has 0 aromatic carbocycles. The molecule has 0 amide bonds. The van der Waals surface area contributed by atoms with Crippen LogP contribution in [0.3, 0.4) is 0 Å². The fourth-order valence-corrected chi connectivity index (χ4v) is 1.16. The first-order valence-electron chi connectivity index (χ1n) is 5.62. The number of nitrogens with zero attached hydrogens (tertiary/aromatic N) is 2. The Hall–Kier alpha value is -0.200. The standard InChI is InChI=1S/C10H16N2OS.C2H7NS.ClH/c1-3-5-12(6-4-2)8-10(13)7-11-9-14;3-1-2-4;/h3-4,10,13H,1-2,5-8H2;4H,1-3H2;1H. The molecule has 3 N–H and O–H groups in total. The number of aliphatic hydroxyl groups is 1. The Bertz CT molecular complexity index is 249. The van der Waals surface area contributed by atoms with E-state index in [4.69, 9.17) is 5.73 Å². The molecular weight excluding hydrogens is 302 g/mol. The summed E-state index contributed by atoms with van der Waals surface area (Å²) in [5.74, 6) is 0.792. The molecule has 0 aromatic heterocycles. The number of isothiocyanates is 1. The molecule has 1 unspecified atom stereocenters. The van der Waals surface area contributed by atoms with Crippen molar-refractivity contribution in [2.24, 2.45) is 10.7 Å². The van der Waals surface area contributed by atoms with Crippen LogP contribution in [0.1, 0.15) is 0 Å². The molecule has 0 aliphatic rings. The van der Waals surface area contributed by atoms with Crippen molar-refractivity contribution in [3.05, 3.63) is 25.3 Å². The number of hydrogen-bond acceptors (Lipinski definition) is 6. The monoisotopic (exact) mass is 325 g/mol. The number of aliphatic hydroxyl groups excluding tert-OH is 1. The van der Waals surface area contributed by atoms with Crippen molar-refractivity contribution >= 4 is 42.4 Å². The molecule has 0 spiro atoms. The number of aliphatic imine (C=N–C) groups is 1. The van der Waals surface area contributed by atoms with Crippen molar-refractivity contribution in [1.82, 2.24) is 4.90 Å². The van der Waals surface area contributed by atoms with Gasteiger partial charge in [-0.2, -0.15) is 12.6 Å². The normalized spacial score (nSPS) is 10.3. The zero-order chi connectivity index (χ0) is 14.2. The lowest BCUT2D eigenvalue weighted by Gasteiger charge is -2.20. The average Bonchev–Trinajstić information content (AvgIpc) is 2.37. The summed E-state index contributed by atoms with van der Waals surface area (Å²) in [6.07, 6.45) is 3.07. The fraction of sp³-hybridized carbons (Fsp3) is 0.583. The Morgan fingerprint density at radius 2 is 1.89 bits per heavy atom. The van der Waals surface area contributed by atoms with Crippen LogP contribution in [0.15, 0.2) is 30.3 Å². The van der Waals surface area contributed by atoms with E-state index in [0.29, 0.717) is 19.6 Å². The zero-order valence-electron chi connectivity index (χ0n) is 11.1. The van der Waals surface area contributed by atoms with E-state index in [9.17, 15) is 5.11 Å². The van der Waals surface area contributed by atoms with Gasteiger partial charge >= 0.3 is 0 Å². The molecule has 0 radical (unpaired) electrons. The summed E-state index contributed by atoms with van der Waals surface area (Å²) < 4.78 is 0. The number of nitrogens with two attached hydrogens (primary N) is 1. The Morgan fingerprint density at radius 1 is 1.42 bits per heavy atom. The number of hydrogen-bond donors (Lipinski definition) is 3. The lowest BCUT2D eigenvalue weighted by Crippen LogP contribution is -2.34. The summed E-state index contributed by atoms with van der Waals surface area (Å²) in [5.41, 5.74) is 4.95. The smallest absolute Gasteiger partial charge is 0.0870 e. The maximum absolute atomic E-state index is 9.51. The van der Waals surface area contributed by atoms with E-state index in [1.54, 1.807) is 12.2 Å². The average molecular weight is 326 g/mol. The van der Waals surface area contributed by atoms with E-state index in [0.717, 1.165) is 18.8 Å². The van der Waals surface area contributed by atoms with Crippen molar-refractivity contribution in [2.45, 2.75) is 6.10 Å². The predicted octanol–water partition coefficient (Wildman–Crippen LogP) is 1.42. The Balaban J connectivity index is -0.000000448. The Morgan fingerprint density at radius 3 is 2.21 bits per heavy atom. The highest BCUT2D eigenvalue weighted by molar-refractivity contribution is 7.80. The van der Waals surface area contributed by atoms with Crippen LogP contribution in [-0.2, 0) is 0 Å². The predicted molar refractivity (Wildman–Crippen MR) is 92.9 cm³/mol. The van der Waals surface area contributed by atoms with Crippen molar-refractivity contribution in [3.8, 4) is 0 Å². The minimum absolute atomic E-state index is 0. The summed E-state index contributed by atoms with van der Waals surface area (Å²) in [6.45, 7) is 10.3. The van der Waals surface area contributed by atoms with E-state index >= 15 is 0 Å². The molecule has 0 heterocycles. The third-order valence-corrected chi connectivity index (χ3v) is 2.13. The summed E-state index contributed by atoms with van der Waals surface area (Å²) in [5, 5.41) is 11.7. The van der Waals surface area contributed by atoms with Crippen LogP contribution < -0.4 is 5.73 Å². The first kappa shape index (κ1) is 23.9. The van der Waals surface area contributed by atoms with E-state index < -0.39 is 6.10 Å². The van der Waals surface area contributed by atoms with Gasteiger partial charge in [-0.25, -0.2) is 4.99 Å². The molecule has 0 rings (SSSR count). The quantitative estimate of drug-likeness (QED) is 0.260. The van der Waals surface area contributed by atoms with Crippen LogP contribution in [0.2, 0.25) is 0 Å². The maximum atomic E-state index is 9.51. The molecule has 1 atom stereocenters. The van der Waals surface area contributed by atoms with Crippen LogP contribution in [0.5, 0.6) is 0 Å². The van der Waals surface area contributed by atoms with Crippen molar-refractivity contribution < 1.29 is 5.11 Å². The van der Waals surface area contributed by atoms with Crippen LogP contribution >= 0.6 is 37.3 Å². The number of thiol groups is 1. The Labute approximate surface area is 133 Å². The molecule has 112 valence electrons. The third-order valence-electron chi connectivity index (χ3n) is 1.74. The summed E-state index contributed by atoms with van der Waals surface area (Å²) in [4.78, 5) is 5.70. The van der Waals surface area contributed by atoms with Gasteiger partial charge in [0.1, 0.15) is 0 Å².